The molecule has 0 aliphatic carbocycles. The number of nitrogens with one attached hydrogen (secondary N) is 1. The lowest BCUT2D eigenvalue weighted by Gasteiger charge is -2.13. The topological polar surface area (TPSA) is 135 Å². The van der Waals surface area contributed by atoms with Gasteiger partial charge < -0.3 is 5.32 Å². The number of anilines is 1. The number of fused-ring (bicyclic) bond motifs is 1. The lowest BCUT2D eigenvalue weighted by atomic mass is 10.1. The molecule has 1 aliphatic rings. The van der Waals surface area contributed by atoms with Gasteiger partial charge in [0.15, 0.2) is 5.01 Å². The summed E-state index contributed by atoms with van der Waals surface area (Å²) in [5.41, 5.74) is -0.593. The number of thiophene rings is 1. The van der Waals surface area contributed by atoms with Gasteiger partial charge in [0, 0.05) is 19.0 Å². The van der Waals surface area contributed by atoms with Crippen LogP contribution in [0.1, 0.15) is 33.6 Å². The van der Waals surface area contributed by atoms with Crippen molar-refractivity contribution >= 4 is 51.2 Å². The van der Waals surface area contributed by atoms with Gasteiger partial charge in [-0.25, -0.2) is 0 Å². The fourth-order valence-electron chi connectivity index (χ4n) is 3.02. The number of nitrogens with zero attached hydrogens (tertiary/aromatic N) is 4. The fraction of sp³-hybridized carbons (Fsp3) is 0.167. The van der Waals surface area contributed by atoms with Gasteiger partial charge >= 0.3 is 0 Å². The molecule has 0 saturated carbocycles. The third kappa shape index (κ3) is 3.69. The maximum atomic E-state index is 12.5. The normalized spacial score (nSPS) is 12.9. The average molecular weight is 443 g/mol. The molecule has 2 aromatic heterocycles. The first-order valence-corrected chi connectivity index (χ1v) is 10.5. The predicted molar refractivity (Wildman–Crippen MR) is 110 cm³/mol. The van der Waals surface area contributed by atoms with Crippen LogP contribution in [0.4, 0.5) is 10.8 Å². The third-order valence-corrected chi connectivity index (χ3v) is 6.24. The van der Waals surface area contributed by atoms with E-state index in [-0.39, 0.29) is 36.4 Å². The summed E-state index contributed by atoms with van der Waals surface area (Å²) in [7, 11) is 0. The van der Waals surface area contributed by atoms with Crippen molar-refractivity contribution in [2.75, 3.05) is 11.9 Å². The van der Waals surface area contributed by atoms with Crippen molar-refractivity contribution in [3.8, 4) is 9.88 Å². The van der Waals surface area contributed by atoms with E-state index in [1.165, 1.54) is 40.9 Å². The van der Waals surface area contributed by atoms with Gasteiger partial charge in [-0.3, -0.25) is 29.4 Å². The van der Waals surface area contributed by atoms with E-state index in [4.69, 9.17) is 0 Å². The lowest BCUT2D eigenvalue weighted by molar-refractivity contribution is -0.385. The standard InChI is InChI=1S/C18H13N5O5S2/c24-13(19-18-21-20-15(30-18)12-6-3-9-29-12)7-2-8-22-16(25)10-4-1-5-11(23(27)28)14(10)17(22)26/h1,3-6,9H,2,7-8H2,(H,19,21,24). The van der Waals surface area contributed by atoms with Gasteiger partial charge in [0.1, 0.15) is 5.56 Å². The maximum absolute atomic E-state index is 12.5. The Balaban J connectivity index is 1.34. The number of carbonyl (C=O) groups excluding carboxylic acids is 3. The zero-order valence-electron chi connectivity index (χ0n) is 15.2. The predicted octanol–water partition coefficient (Wildman–Crippen LogP) is 3.19. The third-order valence-electron chi connectivity index (χ3n) is 4.36. The summed E-state index contributed by atoms with van der Waals surface area (Å²) in [5, 5.41) is 24.7. The molecule has 0 fully saturated rings. The highest BCUT2D eigenvalue weighted by Gasteiger charge is 2.40. The molecule has 1 N–H and O–H groups in total. The second-order valence-electron chi connectivity index (χ2n) is 6.26. The highest BCUT2D eigenvalue weighted by Crippen LogP contribution is 2.31. The summed E-state index contributed by atoms with van der Waals surface area (Å²) in [4.78, 5) is 49.4. The molecule has 3 aromatic rings. The van der Waals surface area contributed by atoms with Crippen LogP contribution in [-0.4, -0.2) is 44.3 Å². The van der Waals surface area contributed by atoms with Crippen molar-refractivity contribution in [3.05, 3.63) is 57.0 Å². The number of amides is 3. The number of benzene rings is 1. The number of nitro groups is 1. The van der Waals surface area contributed by atoms with Crippen LogP contribution >= 0.6 is 22.7 Å². The van der Waals surface area contributed by atoms with Crippen molar-refractivity contribution in [2.24, 2.45) is 0 Å². The number of rotatable bonds is 7. The molecule has 152 valence electrons. The summed E-state index contributed by atoms with van der Waals surface area (Å²) in [6.45, 7) is -0.0204. The highest BCUT2D eigenvalue weighted by atomic mass is 32.1. The first kappa shape index (κ1) is 19.8. The zero-order chi connectivity index (χ0) is 21.3. The Kier molecular flexibility index (Phi) is 5.33. The van der Waals surface area contributed by atoms with Crippen LogP contribution in [0.3, 0.4) is 0 Å². The Morgan fingerprint density at radius 3 is 2.73 bits per heavy atom. The molecule has 12 heteroatoms. The molecule has 0 bridgehead atoms. The molecule has 0 saturated heterocycles. The van der Waals surface area contributed by atoms with Crippen molar-refractivity contribution in [3.63, 3.8) is 0 Å². The minimum Gasteiger partial charge on any atom is -0.301 e. The van der Waals surface area contributed by atoms with Crippen LogP contribution in [0.25, 0.3) is 9.88 Å². The second kappa shape index (κ2) is 8.08. The van der Waals surface area contributed by atoms with Crippen LogP contribution in [0, 0.1) is 10.1 Å². The molecule has 0 radical (unpaired) electrons. The Hall–Kier alpha value is -3.51. The van der Waals surface area contributed by atoms with E-state index >= 15 is 0 Å². The number of carbonyl (C=O) groups is 3. The van der Waals surface area contributed by atoms with Crippen LogP contribution < -0.4 is 5.32 Å². The van der Waals surface area contributed by atoms with Gasteiger partial charge in [-0.15, -0.1) is 21.5 Å². The Morgan fingerprint density at radius 1 is 1.17 bits per heavy atom. The number of hydrogen-bond donors (Lipinski definition) is 1. The number of hydrogen-bond acceptors (Lipinski definition) is 9. The SMILES string of the molecule is O=C(CCCN1C(=O)c2cccc([N+](=O)[O-])c2C1=O)Nc1nnc(-c2cccs2)s1. The first-order chi connectivity index (χ1) is 14.5. The first-order valence-electron chi connectivity index (χ1n) is 8.76. The van der Waals surface area contributed by atoms with Crippen molar-refractivity contribution in [1.29, 1.82) is 0 Å². The molecular weight excluding hydrogens is 430 g/mol. The molecule has 1 aliphatic heterocycles. The van der Waals surface area contributed by atoms with Gasteiger partial charge in [0.2, 0.25) is 11.0 Å². The molecule has 3 amide bonds. The molecular formula is C18H13N5O5S2. The van der Waals surface area contributed by atoms with Gasteiger partial charge in [-0.05, 0) is 23.9 Å². The minimum atomic E-state index is -0.715. The smallest absolute Gasteiger partial charge is 0.282 e. The molecule has 4 rings (SSSR count). The van der Waals surface area contributed by atoms with Crippen LogP contribution in [-0.2, 0) is 4.79 Å². The number of imide groups is 1. The number of nitro benzene ring substituents is 1. The van der Waals surface area contributed by atoms with E-state index in [0.29, 0.717) is 10.1 Å². The zero-order valence-corrected chi connectivity index (χ0v) is 16.9. The summed E-state index contributed by atoms with van der Waals surface area (Å²) in [5.74, 6) is -1.64. The maximum Gasteiger partial charge on any atom is 0.282 e. The van der Waals surface area contributed by atoms with E-state index in [2.05, 4.69) is 15.5 Å². The second-order valence-corrected chi connectivity index (χ2v) is 8.19. The monoisotopic (exact) mass is 443 g/mol. The van der Waals surface area contributed by atoms with Crippen LogP contribution in [0.2, 0.25) is 0 Å². The average Bonchev–Trinajstić information content (AvgIpc) is 3.45. The van der Waals surface area contributed by atoms with E-state index in [9.17, 15) is 24.5 Å². The minimum absolute atomic E-state index is 0.00798. The Labute approximate surface area is 177 Å². The lowest BCUT2D eigenvalue weighted by Crippen LogP contribution is -2.31. The van der Waals surface area contributed by atoms with Crippen LogP contribution in [0.15, 0.2) is 35.7 Å². The summed E-state index contributed by atoms with van der Waals surface area (Å²) >= 11 is 2.77. The molecule has 0 spiro atoms. The molecule has 30 heavy (non-hydrogen) atoms. The summed E-state index contributed by atoms with van der Waals surface area (Å²) in [6, 6.07) is 7.74. The molecule has 3 heterocycles. The summed E-state index contributed by atoms with van der Waals surface area (Å²) < 4.78 is 0. The van der Waals surface area contributed by atoms with Gasteiger partial charge in [0.05, 0.1) is 15.4 Å². The molecule has 1 aromatic carbocycles. The van der Waals surface area contributed by atoms with Crippen LogP contribution in [0.5, 0.6) is 0 Å². The Morgan fingerprint density at radius 2 is 2.00 bits per heavy atom. The van der Waals surface area contributed by atoms with Crippen molar-refractivity contribution < 1.29 is 19.3 Å². The molecule has 0 unspecified atom stereocenters. The summed E-state index contributed by atoms with van der Waals surface area (Å²) in [6.07, 6.45) is 0.255. The van der Waals surface area contributed by atoms with E-state index < -0.39 is 22.4 Å². The quantitative estimate of drug-likeness (QED) is 0.336. The number of aromatic nitrogens is 2. The highest BCUT2D eigenvalue weighted by molar-refractivity contribution is 7.23. The van der Waals surface area contributed by atoms with E-state index in [1.807, 2.05) is 17.5 Å². The van der Waals surface area contributed by atoms with Crippen molar-refractivity contribution in [2.45, 2.75) is 12.8 Å². The van der Waals surface area contributed by atoms with E-state index in [1.54, 1.807) is 0 Å². The van der Waals surface area contributed by atoms with Crippen molar-refractivity contribution in [1.82, 2.24) is 15.1 Å². The largest absolute Gasteiger partial charge is 0.301 e. The fourth-order valence-corrected chi connectivity index (χ4v) is 4.58. The molecule has 0 atom stereocenters. The van der Waals surface area contributed by atoms with Gasteiger partial charge in [-0.2, -0.15) is 0 Å². The van der Waals surface area contributed by atoms with Gasteiger partial charge in [-0.1, -0.05) is 23.5 Å². The van der Waals surface area contributed by atoms with E-state index in [0.717, 1.165) is 9.78 Å². The Bertz CT molecular complexity index is 1160. The molecule has 10 nitrogen and oxygen atoms in total. The van der Waals surface area contributed by atoms with Gasteiger partial charge in [0.25, 0.3) is 17.5 Å².